The van der Waals surface area contributed by atoms with E-state index in [-0.39, 0.29) is 23.6 Å². The number of carbonyl (C=O) groups excluding carboxylic acids is 1. The minimum atomic E-state index is -0.311. The largest absolute Gasteiger partial charge is 0.409 e. The second-order valence-electron chi connectivity index (χ2n) is 5.14. The van der Waals surface area contributed by atoms with Gasteiger partial charge in [0.1, 0.15) is 5.84 Å². The summed E-state index contributed by atoms with van der Waals surface area (Å²) in [5.74, 6) is -0.423. The van der Waals surface area contributed by atoms with E-state index in [1.54, 1.807) is 0 Å². The third kappa shape index (κ3) is 4.08. The molecular weight excluding hydrogens is 230 g/mol. The maximum absolute atomic E-state index is 11.5. The first-order chi connectivity index (χ1) is 8.32. The molecule has 0 radical (unpaired) electrons. The maximum Gasteiger partial charge on any atom is 0.232 e. The molecule has 0 bridgehead atoms. The number of rotatable bonds is 3. The highest BCUT2D eigenvalue weighted by atomic mass is 16.4. The molecule has 0 saturated carbocycles. The summed E-state index contributed by atoms with van der Waals surface area (Å²) in [7, 11) is 0. The van der Waals surface area contributed by atoms with Crippen molar-refractivity contribution >= 4 is 17.4 Å². The molecule has 0 aliphatic carbocycles. The van der Waals surface area contributed by atoms with Crippen molar-refractivity contribution in [3.05, 3.63) is 29.8 Å². The van der Waals surface area contributed by atoms with Crippen molar-refractivity contribution in [1.29, 1.82) is 0 Å². The van der Waals surface area contributed by atoms with E-state index in [0.717, 1.165) is 0 Å². The van der Waals surface area contributed by atoms with Gasteiger partial charge in [0, 0.05) is 5.69 Å². The molecule has 18 heavy (non-hydrogen) atoms. The zero-order chi connectivity index (χ0) is 13.8. The highest BCUT2D eigenvalue weighted by Crippen LogP contribution is 2.23. The summed E-state index contributed by atoms with van der Waals surface area (Å²) in [5, 5.41) is 13.8. The average molecular weight is 249 g/mol. The van der Waals surface area contributed by atoms with Crippen molar-refractivity contribution in [2.24, 2.45) is 10.9 Å². The SMILES string of the molecule is CC(C)(C)c1ccc(NC(=O)C/C(N)=N/O)cc1. The van der Waals surface area contributed by atoms with Crippen LogP contribution in [-0.4, -0.2) is 17.0 Å². The van der Waals surface area contributed by atoms with Crippen LogP contribution in [0.4, 0.5) is 5.69 Å². The molecule has 0 aliphatic heterocycles. The third-order valence-electron chi connectivity index (χ3n) is 2.50. The standard InChI is InChI=1S/C13H19N3O2/c1-13(2,3)9-4-6-10(7-5-9)15-12(17)8-11(14)16-18/h4-7,18H,8H2,1-3H3,(H2,14,16)(H,15,17). The Morgan fingerprint density at radius 2 is 1.89 bits per heavy atom. The van der Waals surface area contributed by atoms with E-state index in [0.29, 0.717) is 5.69 Å². The number of amidine groups is 1. The van der Waals surface area contributed by atoms with Crippen LogP contribution in [0.15, 0.2) is 29.4 Å². The molecule has 1 aromatic rings. The molecule has 1 amide bonds. The highest BCUT2D eigenvalue weighted by molar-refractivity contribution is 6.04. The third-order valence-corrected chi connectivity index (χ3v) is 2.50. The molecule has 0 fully saturated rings. The predicted octanol–water partition coefficient (Wildman–Crippen LogP) is 2.06. The Labute approximate surface area is 107 Å². The van der Waals surface area contributed by atoms with Gasteiger partial charge in [-0.25, -0.2) is 0 Å². The molecule has 5 heteroatoms. The molecule has 5 nitrogen and oxygen atoms in total. The predicted molar refractivity (Wildman–Crippen MR) is 71.8 cm³/mol. The number of anilines is 1. The normalized spacial score (nSPS) is 12.3. The number of benzene rings is 1. The van der Waals surface area contributed by atoms with Crippen LogP contribution in [0.3, 0.4) is 0 Å². The molecule has 0 heterocycles. The lowest BCUT2D eigenvalue weighted by Gasteiger charge is -2.19. The molecular formula is C13H19N3O2. The van der Waals surface area contributed by atoms with Gasteiger partial charge in [0.25, 0.3) is 0 Å². The molecule has 4 N–H and O–H groups in total. The number of nitrogens with two attached hydrogens (primary N) is 1. The summed E-state index contributed by atoms with van der Waals surface area (Å²) in [6, 6.07) is 7.62. The fraction of sp³-hybridized carbons (Fsp3) is 0.385. The summed E-state index contributed by atoms with van der Waals surface area (Å²) in [4.78, 5) is 11.5. The number of carbonyl (C=O) groups is 1. The monoisotopic (exact) mass is 249 g/mol. The Hall–Kier alpha value is -2.04. The minimum absolute atomic E-state index is 0.0799. The second-order valence-corrected chi connectivity index (χ2v) is 5.14. The quantitative estimate of drug-likeness (QED) is 0.331. The van der Waals surface area contributed by atoms with Gasteiger partial charge in [-0.2, -0.15) is 0 Å². The molecule has 98 valence electrons. The van der Waals surface area contributed by atoms with Gasteiger partial charge in [0.15, 0.2) is 0 Å². The Balaban J connectivity index is 2.67. The van der Waals surface area contributed by atoms with E-state index in [1.807, 2.05) is 24.3 Å². The number of nitrogens with zero attached hydrogens (tertiary/aromatic N) is 1. The van der Waals surface area contributed by atoms with Crippen LogP contribution in [0.2, 0.25) is 0 Å². The summed E-state index contributed by atoms with van der Waals surface area (Å²) in [6.45, 7) is 6.37. The average Bonchev–Trinajstić information content (AvgIpc) is 2.28. The smallest absolute Gasteiger partial charge is 0.232 e. The van der Waals surface area contributed by atoms with Gasteiger partial charge in [-0.15, -0.1) is 0 Å². The van der Waals surface area contributed by atoms with E-state index in [4.69, 9.17) is 10.9 Å². The van der Waals surface area contributed by atoms with Gasteiger partial charge in [0.05, 0.1) is 6.42 Å². The summed E-state index contributed by atoms with van der Waals surface area (Å²) < 4.78 is 0. The Morgan fingerprint density at radius 1 is 1.33 bits per heavy atom. The van der Waals surface area contributed by atoms with Crippen molar-refractivity contribution in [2.75, 3.05) is 5.32 Å². The van der Waals surface area contributed by atoms with Gasteiger partial charge in [-0.3, -0.25) is 4.79 Å². The summed E-state index contributed by atoms with van der Waals surface area (Å²) >= 11 is 0. The minimum Gasteiger partial charge on any atom is -0.409 e. The second kappa shape index (κ2) is 5.53. The fourth-order valence-corrected chi connectivity index (χ4v) is 1.46. The van der Waals surface area contributed by atoms with Gasteiger partial charge >= 0.3 is 0 Å². The molecule has 1 rings (SSSR count). The first kappa shape index (κ1) is 14.0. The Kier molecular flexibility index (Phi) is 4.31. The van der Waals surface area contributed by atoms with Gasteiger partial charge in [0.2, 0.25) is 5.91 Å². The molecule has 0 aliphatic rings. The van der Waals surface area contributed by atoms with E-state index in [2.05, 4.69) is 31.2 Å². The van der Waals surface area contributed by atoms with Crippen molar-refractivity contribution in [3.63, 3.8) is 0 Å². The fourth-order valence-electron chi connectivity index (χ4n) is 1.46. The molecule has 0 saturated heterocycles. The van der Waals surface area contributed by atoms with E-state index in [1.165, 1.54) is 5.56 Å². The summed E-state index contributed by atoms with van der Waals surface area (Å²) in [5.41, 5.74) is 7.21. The first-order valence-corrected chi connectivity index (χ1v) is 5.69. The van der Waals surface area contributed by atoms with Gasteiger partial charge < -0.3 is 16.3 Å². The lowest BCUT2D eigenvalue weighted by molar-refractivity contribution is -0.115. The zero-order valence-electron chi connectivity index (χ0n) is 10.9. The van der Waals surface area contributed by atoms with Crippen LogP contribution in [0.25, 0.3) is 0 Å². The van der Waals surface area contributed by atoms with Crippen molar-refractivity contribution in [2.45, 2.75) is 32.6 Å². The number of oxime groups is 1. The van der Waals surface area contributed by atoms with Crippen molar-refractivity contribution < 1.29 is 10.0 Å². The van der Waals surface area contributed by atoms with E-state index < -0.39 is 0 Å². The topological polar surface area (TPSA) is 87.7 Å². The summed E-state index contributed by atoms with van der Waals surface area (Å²) in [6.07, 6.45) is -0.127. The molecule has 1 aromatic carbocycles. The van der Waals surface area contributed by atoms with Gasteiger partial charge in [-0.05, 0) is 23.1 Å². The van der Waals surface area contributed by atoms with Crippen LogP contribution in [0.5, 0.6) is 0 Å². The molecule has 0 aromatic heterocycles. The lowest BCUT2D eigenvalue weighted by Crippen LogP contribution is -2.22. The Bertz CT molecular complexity index is 444. The van der Waals surface area contributed by atoms with Crippen LogP contribution in [-0.2, 0) is 10.2 Å². The number of hydrogen-bond acceptors (Lipinski definition) is 3. The molecule has 0 atom stereocenters. The van der Waals surface area contributed by atoms with Crippen LogP contribution in [0.1, 0.15) is 32.8 Å². The van der Waals surface area contributed by atoms with E-state index in [9.17, 15) is 4.79 Å². The highest BCUT2D eigenvalue weighted by Gasteiger charge is 2.13. The van der Waals surface area contributed by atoms with E-state index >= 15 is 0 Å². The zero-order valence-corrected chi connectivity index (χ0v) is 10.9. The first-order valence-electron chi connectivity index (χ1n) is 5.69. The van der Waals surface area contributed by atoms with Crippen molar-refractivity contribution in [1.82, 2.24) is 0 Å². The number of nitrogens with one attached hydrogen (secondary N) is 1. The maximum atomic E-state index is 11.5. The van der Waals surface area contributed by atoms with Crippen molar-refractivity contribution in [3.8, 4) is 0 Å². The Morgan fingerprint density at radius 3 is 2.33 bits per heavy atom. The molecule has 0 unspecified atom stereocenters. The number of hydrogen-bond donors (Lipinski definition) is 3. The molecule has 0 spiro atoms. The lowest BCUT2D eigenvalue weighted by atomic mass is 9.87. The number of amides is 1. The van der Waals surface area contributed by atoms with Crippen LogP contribution < -0.4 is 11.1 Å². The van der Waals surface area contributed by atoms with Crippen LogP contribution in [0, 0.1) is 0 Å². The van der Waals surface area contributed by atoms with Crippen LogP contribution >= 0.6 is 0 Å². The van der Waals surface area contributed by atoms with Gasteiger partial charge in [-0.1, -0.05) is 38.1 Å².